The zero-order valence-corrected chi connectivity index (χ0v) is 12.6. The van der Waals surface area contributed by atoms with Crippen molar-refractivity contribution in [2.24, 2.45) is 0 Å². The van der Waals surface area contributed by atoms with Crippen LogP contribution in [-0.2, 0) is 13.6 Å². The maximum absolute atomic E-state index is 12.3. The van der Waals surface area contributed by atoms with Crippen LogP contribution in [0.25, 0.3) is 0 Å². The SMILES string of the molecule is CCCCCCCP(=O)(OCCC)OCCC. The highest BCUT2D eigenvalue weighted by atomic mass is 31.2. The molecule has 0 amide bonds. The van der Waals surface area contributed by atoms with E-state index in [-0.39, 0.29) is 0 Å². The fraction of sp³-hybridized carbons (Fsp3) is 1.00. The molecule has 0 spiro atoms. The third-order valence-electron chi connectivity index (χ3n) is 2.52. The van der Waals surface area contributed by atoms with Gasteiger partial charge in [-0.25, -0.2) is 0 Å². The zero-order chi connectivity index (χ0) is 13.0. The Balaban J connectivity index is 3.87. The molecule has 3 nitrogen and oxygen atoms in total. The molecule has 0 rings (SSSR count). The van der Waals surface area contributed by atoms with Crippen LogP contribution in [0.4, 0.5) is 0 Å². The summed E-state index contributed by atoms with van der Waals surface area (Å²) in [5.41, 5.74) is 0. The summed E-state index contributed by atoms with van der Waals surface area (Å²) in [7, 11) is -2.80. The highest BCUT2D eigenvalue weighted by molar-refractivity contribution is 7.53. The summed E-state index contributed by atoms with van der Waals surface area (Å²) in [5.74, 6) is 0. The van der Waals surface area contributed by atoms with Gasteiger partial charge in [0.05, 0.1) is 19.4 Å². The average molecular weight is 264 g/mol. The van der Waals surface area contributed by atoms with Crippen molar-refractivity contribution in [3.63, 3.8) is 0 Å². The van der Waals surface area contributed by atoms with Crippen LogP contribution in [0, 0.1) is 0 Å². The summed E-state index contributed by atoms with van der Waals surface area (Å²) in [5, 5.41) is 0. The summed E-state index contributed by atoms with van der Waals surface area (Å²) in [6, 6.07) is 0. The monoisotopic (exact) mass is 264 g/mol. The van der Waals surface area contributed by atoms with E-state index in [1.807, 2.05) is 13.8 Å². The van der Waals surface area contributed by atoms with Gasteiger partial charge in [0.2, 0.25) is 0 Å². The Morgan fingerprint density at radius 2 is 1.29 bits per heavy atom. The van der Waals surface area contributed by atoms with Gasteiger partial charge in [-0.1, -0.05) is 46.5 Å². The molecule has 0 atom stereocenters. The maximum Gasteiger partial charge on any atom is 0.330 e. The molecule has 17 heavy (non-hydrogen) atoms. The molecule has 0 aliphatic rings. The van der Waals surface area contributed by atoms with E-state index < -0.39 is 7.60 Å². The van der Waals surface area contributed by atoms with Crippen LogP contribution in [0.5, 0.6) is 0 Å². The Kier molecular flexibility index (Phi) is 11.4. The van der Waals surface area contributed by atoms with E-state index in [9.17, 15) is 4.57 Å². The predicted octanol–water partition coefficient (Wildman–Crippen LogP) is 5.00. The molecule has 0 saturated heterocycles. The normalized spacial score (nSPS) is 11.9. The molecule has 0 aromatic carbocycles. The summed E-state index contributed by atoms with van der Waals surface area (Å²) < 4.78 is 23.2. The molecule has 4 heteroatoms. The number of hydrogen-bond acceptors (Lipinski definition) is 3. The smallest absolute Gasteiger partial charge is 0.309 e. The van der Waals surface area contributed by atoms with Crippen LogP contribution in [0.15, 0.2) is 0 Å². The van der Waals surface area contributed by atoms with Crippen molar-refractivity contribution in [2.45, 2.75) is 65.7 Å². The van der Waals surface area contributed by atoms with Crippen LogP contribution in [0.3, 0.4) is 0 Å². The standard InChI is InChI=1S/C13H29O3P/c1-4-7-8-9-10-13-17(14,15-11-5-2)16-12-6-3/h4-13H2,1-3H3. The third kappa shape index (κ3) is 9.82. The van der Waals surface area contributed by atoms with Gasteiger partial charge in [-0.05, 0) is 19.3 Å². The molecule has 0 bridgehead atoms. The lowest BCUT2D eigenvalue weighted by molar-refractivity contribution is 0.204. The van der Waals surface area contributed by atoms with Gasteiger partial charge in [0.1, 0.15) is 0 Å². The molecule has 0 radical (unpaired) electrons. The minimum Gasteiger partial charge on any atom is -0.309 e. The molecule has 0 aliphatic heterocycles. The van der Waals surface area contributed by atoms with E-state index >= 15 is 0 Å². The molecule has 0 fully saturated rings. The van der Waals surface area contributed by atoms with Crippen LogP contribution >= 0.6 is 7.60 Å². The molecule has 0 aromatic rings. The van der Waals surface area contributed by atoms with Crippen molar-refractivity contribution in [1.82, 2.24) is 0 Å². The van der Waals surface area contributed by atoms with E-state index in [1.54, 1.807) is 0 Å². The fourth-order valence-corrected chi connectivity index (χ4v) is 3.40. The minimum atomic E-state index is -2.80. The fourth-order valence-electron chi connectivity index (χ4n) is 1.54. The molecule has 0 N–H and O–H groups in total. The molecular formula is C13H29O3P. The first-order chi connectivity index (χ1) is 8.18. The van der Waals surface area contributed by atoms with E-state index in [1.165, 1.54) is 19.3 Å². The first-order valence-corrected chi connectivity index (χ1v) is 8.79. The largest absolute Gasteiger partial charge is 0.330 e. The Morgan fingerprint density at radius 3 is 1.76 bits per heavy atom. The van der Waals surface area contributed by atoms with Gasteiger partial charge in [-0.3, -0.25) is 4.57 Å². The lowest BCUT2D eigenvalue weighted by Gasteiger charge is -2.17. The molecule has 0 unspecified atom stereocenters. The summed E-state index contributed by atoms with van der Waals surface area (Å²) in [6.45, 7) is 7.31. The van der Waals surface area contributed by atoms with Gasteiger partial charge in [-0.15, -0.1) is 0 Å². The van der Waals surface area contributed by atoms with Gasteiger partial charge < -0.3 is 9.05 Å². The molecule has 0 saturated carbocycles. The third-order valence-corrected chi connectivity index (χ3v) is 4.54. The quantitative estimate of drug-likeness (QED) is 0.367. The summed E-state index contributed by atoms with van der Waals surface area (Å²) in [6.07, 6.45) is 8.14. The average Bonchev–Trinajstić information content (AvgIpc) is 2.34. The Hall–Kier alpha value is 0.150. The number of hydrogen-bond donors (Lipinski definition) is 0. The lowest BCUT2D eigenvalue weighted by Crippen LogP contribution is -2.02. The van der Waals surface area contributed by atoms with Crippen LogP contribution in [0.2, 0.25) is 0 Å². The second-order valence-corrected chi connectivity index (χ2v) is 6.60. The van der Waals surface area contributed by atoms with Gasteiger partial charge in [0.25, 0.3) is 0 Å². The van der Waals surface area contributed by atoms with E-state index in [0.29, 0.717) is 19.4 Å². The van der Waals surface area contributed by atoms with Crippen molar-refractivity contribution in [3.8, 4) is 0 Å². The van der Waals surface area contributed by atoms with Crippen LogP contribution < -0.4 is 0 Å². The highest BCUT2D eigenvalue weighted by Gasteiger charge is 2.23. The van der Waals surface area contributed by atoms with E-state index in [0.717, 1.165) is 25.7 Å². The van der Waals surface area contributed by atoms with Crippen molar-refractivity contribution >= 4 is 7.60 Å². The van der Waals surface area contributed by atoms with E-state index in [2.05, 4.69) is 6.92 Å². The second-order valence-electron chi connectivity index (χ2n) is 4.42. The molecule has 0 aromatic heterocycles. The first kappa shape index (κ1) is 17.2. The van der Waals surface area contributed by atoms with Crippen molar-refractivity contribution in [3.05, 3.63) is 0 Å². The molecule has 0 aliphatic carbocycles. The molecule has 104 valence electrons. The number of rotatable bonds is 12. The van der Waals surface area contributed by atoms with Crippen molar-refractivity contribution in [2.75, 3.05) is 19.4 Å². The summed E-state index contributed by atoms with van der Waals surface area (Å²) >= 11 is 0. The first-order valence-electron chi connectivity index (χ1n) is 7.06. The van der Waals surface area contributed by atoms with Gasteiger partial charge in [0.15, 0.2) is 0 Å². The number of unbranched alkanes of at least 4 members (excludes halogenated alkanes) is 4. The van der Waals surface area contributed by atoms with Crippen molar-refractivity contribution < 1.29 is 13.6 Å². The van der Waals surface area contributed by atoms with Gasteiger partial charge in [0, 0.05) is 0 Å². The topological polar surface area (TPSA) is 35.5 Å². The lowest BCUT2D eigenvalue weighted by atomic mass is 10.2. The Morgan fingerprint density at radius 1 is 0.765 bits per heavy atom. The minimum absolute atomic E-state index is 0.538. The maximum atomic E-state index is 12.3. The van der Waals surface area contributed by atoms with Crippen LogP contribution in [-0.4, -0.2) is 19.4 Å². The summed E-state index contributed by atoms with van der Waals surface area (Å²) in [4.78, 5) is 0. The Bertz CT molecular complexity index is 195. The molecule has 0 heterocycles. The predicted molar refractivity (Wildman–Crippen MR) is 73.7 cm³/mol. The highest BCUT2D eigenvalue weighted by Crippen LogP contribution is 2.49. The Labute approximate surface area is 107 Å². The van der Waals surface area contributed by atoms with Gasteiger partial charge in [-0.2, -0.15) is 0 Å². The van der Waals surface area contributed by atoms with E-state index in [4.69, 9.17) is 9.05 Å². The van der Waals surface area contributed by atoms with Crippen LogP contribution in [0.1, 0.15) is 65.7 Å². The molecular weight excluding hydrogens is 235 g/mol. The van der Waals surface area contributed by atoms with Gasteiger partial charge >= 0.3 is 7.60 Å². The second kappa shape index (κ2) is 11.3. The van der Waals surface area contributed by atoms with Crippen molar-refractivity contribution in [1.29, 1.82) is 0 Å². The zero-order valence-electron chi connectivity index (χ0n) is 11.7.